The predicted molar refractivity (Wildman–Crippen MR) is 60.5 cm³/mol. The average molecular weight is 230 g/mol. The van der Waals surface area contributed by atoms with Gasteiger partial charge in [-0.15, -0.1) is 0 Å². The van der Waals surface area contributed by atoms with Gasteiger partial charge in [0, 0.05) is 5.41 Å². The first-order valence-electron chi connectivity index (χ1n) is 6.15. The molecule has 2 aliphatic heterocycles. The molecular weight excluding hydrogens is 216 g/mol. The van der Waals surface area contributed by atoms with Crippen molar-refractivity contribution in [1.29, 1.82) is 0 Å². The molecule has 2 heterocycles. The molecule has 3 heteroatoms. The Labute approximate surface area is 99.7 Å². The molecule has 0 saturated carbocycles. The molecule has 0 unspecified atom stereocenters. The molecule has 1 aromatic rings. The lowest BCUT2D eigenvalue weighted by atomic mass is 9.74. The summed E-state index contributed by atoms with van der Waals surface area (Å²) in [4.78, 5) is 12.4. The van der Waals surface area contributed by atoms with Gasteiger partial charge in [0.05, 0.1) is 12.7 Å². The Balaban J connectivity index is 1.74. The molecule has 88 valence electrons. The summed E-state index contributed by atoms with van der Waals surface area (Å²) in [6.45, 7) is 0.578. The second-order valence-corrected chi connectivity index (χ2v) is 5.39. The summed E-state index contributed by atoms with van der Waals surface area (Å²) in [6.07, 6.45) is 2.07. The third kappa shape index (κ3) is 1.27. The second-order valence-electron chi connectivity index (χ2n) is 5.39. The molecule has 1 aromatic carbocycles. The number of fused-ring (bicyclic) bond motifs is 3. The quantitative estimate of drug-likeness (QED) is 0.677. The van der Waals surface area contributed by atoms with Crippen LogP contribution in [-0.2, 0) is 27.1 Å². The lowest BCUT2D eigenvalue weighted by Gasteiger charge is -2.34. The normalized spacial score (nSPS) is 33.1. The first kappa shape index (κ1) is 9.80. The average Bonchev–Trinajstić information content (AvgIpc) is 2.89. The zero-order chi connectivity index (χ0) is 11.5. The summed E-state index contributed by atoms with van der Waals surface area (Å²) in [5, 5.41) is 0. The number of ether oxygens (including phenoxy) is 2. The minimum Gasteiger partial charge on any atom is -0.343 e. The first-order valence-corrected chi connectivity index (χ1v) is 6.15. The highest BCUT2D eigenvalue weighted by molar-refractivity contribution is 5.90. The molecule has 0 aromatic heterocycles. The molecule has 17 heavy (non-hydrogen) atoms. The van der Waals surface area contributed by atoms with Crippen molar-refractivity contribution in [2.75, 3.05) is 6.61 Å². The van der Waals surface area contributed by atoms with Crippen molar-refractivity contribution >= 4 is 5.78 Å². The van der Waals surface area contributed by atoms with E-state index in [-0.39, 0.29) is 17.3 Å². The maximum absolute atomic E-state index is 12.4. The fourth-order valence-electron chi connectivity index (χ4n) is 3.49. The Kier molecular flexibility index (Phi) is 1.83. The van der Waals surface area contributed by atoms with Crippen molar-refractivity contribution in [2.45, 2.75) is 31.7 Å². The number of rotatable bonds is 0. The van der Waals surface area contributed by atoms with Crippen molar-refractivity contribution in [3.05, 3.63) is 35.4 Å². The molecule has 3 aliphatic rings. The van der Waals surface area contributed by atoms with E-state index in [1.165, 1.54) is 11.1 Å². The van der Waals surface area contributed by atoms with E-state index in [1.54, 1.807) is 0 Å². The minimum absolute atomic E-state index is 0.118. The van der Waals surface area contributed by atoms with Gasteiger partial charge in [-0.3, -0.25) is 4.79 Å². The largest absolute Gasteiger partial charge is 0.343 e. The summed E-state index contributed by atoms with van der Waals surface area (Å²) in [5.74, 6) is 0.155. The molecule has 2 bridgehead atoms. The van der Waals surface area contributed by atoms with Crippen LogP contribution in [0, 0.1) is 5.41 Å². The van der Waals surface area contributed by atoms with Gasteiger partial charge in [0.15, 0.2) is 5.78 Å². The maximum atomic E-state index is 12.4. The zero-order valence-electron chi connectivity index (χ0n) is 9.52. The fourth-order valence-corrected chi connectivity index (χ4v) is 3.49. The van der Waals surface area contributed by atoms with Gasteiger partial charge in [-0.05, 0) is 30.4 Å². The second kappa shape index (κ2) is 3.18. The van der Waals surface area contributed by atoms with Crippen LogP contribution in [0.15, 0.2) is 24.3 Å². The third-order valence-electron chi connectivity index (χ3n) is 4.28. The highest BCUT2D eigenvalue weighted by Gasteiger charge is 2.54. The number of carbonyl (C=O) groups excluding carboxylic acids is 1. The highest BCUT2D eigenvalue weighted by atomic mass is 16.7. The minimum atomic E-state index is -0.594. The molecule has 0 radical (unpaired) electrons. The van der Waals surface area contributed by atoms with E-state index in [9.17, 15) is 4.79 Å². The summed E-state index contributed by atoms with van der Waals surface area (Å²) in [7, 11) is 0. The number of ketones is 1. The van der Waals surface area contributed by atoms with E-state index in [0.29, 0.717) is 6.61 Å². The van der Waals surface area contributed by atoms with Crippen molar-refractivity contribution in [1.82, 2.24) is 0 Å². The Morgan fingerprint density at radius 1 is 1.18 bits per heavy atom. The van der Waals surface area contributed by atoms with Crippen LogP contribution in [0.5, 0.6) is 0 Å². The fraction of sp³-hybridized carbons (Fsp3) is 0.500. The van der Waals surface area contributed by atoms with Crippen LogP contribution in [-0.4, -0.2) is 24.8 Å². The van der Waals surface area contributed by atoms with Crippen LogP contribution < -0.4 is 0 Å². The molecule has 3 nitrogen and oxygen atoms in total. The van der Waals surface area contributed by atoms with Crippen LogP contribution in [0.1, 0.15) is 17.5 Å². The topological polar surface area (TPSA) is 35.5 Å². The molecule has 2 atom stereocenters. The number of carbonyl (C=O) groups is 1. The Morgan fingerprint density at radius 2 is 1.88 bits per heavy atom. The molecule has 0 amide bonds. The van der Waals surface area contributed by atoms with Gasteiger partial charge in [0.1, 0.15) is 0 Å². The van der Waals surface area contributed by atoms with Gasteiger partial charge in [0.25, 0.3) is 0 Å². The van der Waals surface area contributed by atoms with Crippen molar-refractivity contribution in [2.24, 2.45) is 5.41 Å². The molecule has 1 aliphatic carbocycles. The van der Waals surface area contributed by atoms with E-state index in [4.69, 9.17) is 9.47 Å². The predicted octanol–water partition coefficient (Wildman–Crippen LogP) is 1.49. The highest BCUT2D eigenvalue weighted by Crippen LogP contribution is 2.47. The van der Waals surface area contributed by atoms with Gasteiger partial charge in [-0.1, -0.05) is 24.3 Å². The molecular formula is C14H14O3. The molecule has 2 fully saturated rings. The van der Waals surface area contributed by atoms with Crippen LogP contribution >= 0.6 is 0 Å². The Bertz CT molecular complexity index is 469. The van der Waals surface area contributed by atoms with Crippen molar-refractivity contribution < 1.29 is 14.3 Å². The van der Waals surface area contributed by atoms with Gasteiger partial charge in [0.2, 0.25) is 6.29 Å². The van der Waals surface area contributed by atoms with Crippen LogP contribution in [0.3, 0.4) is 0 Å². The zero-order valence-corrected chi connectivity index (χ0v) is 9.52. The van der Waals surface area contributed by atoms with Gasteiger partial charge >= 0.3 is 0 Å². The van der Waals surface area contributed by atoms with E-state index in [1.807, 2.05) is 12.1 Å². The van der Waals surface area contributed by atoms with Crippen LogP contribution in [0.25, 0.3) is 0 Å². The van der Waals surface area contributed by atoms with Gasteiger partial charge in [-0.25, -0.2) is 0 Å². The van der Waals surface area contributed by atoms with Crippen LogP contribution in [0.4, 0.5) is 0 Å². The molecule has 2 saturated heterocycles. The number of Topliss-reactive ketones (excluding diaryl/α,β-unsaturated/α-hetero) is 1. The van der Waals surface area contributed by atoms with E-state index < -0.39 is 6.29 Å². The third-order valence-corrected chi connectivity index (χ3v) is 4.28. The number of benzene rings is 1. The maximum Gasteiger partial charge on any atom is 0.218 e. The van der Waals surface area contributed by atoms with Gasteiger partial charge < -0.3 is 9.47 Å². The first-order chi connectivity index (χ1) is 8.27. The Morgan fingerprint density at radius 3 is 2.59 bits per heavy atom. The summed E-state index contributed by atoms with van der Waals surface area (Å²) < 4.78 is 10.9. The summed E-state index contributed by atoms with van der Waals surface area (Å²) >= 11 is 0. The molecule has 0 N–H and O–H groups in total. The van der Waals surface area contributed by atoms with E-state index in [2.05, 4.69) is 12.1 Å². The number of hydrogen-bond acceptors (Lipinski definition) is 3. The summed E-state index contributed by atoms with van der Waals surface area (Å²) in [5.41, 5.74) is 2.40. The van der Waals surface area contributed by atoms with E-state index >= 15 is 0 Å². The van der Waals surface area contributed by atoms with Crippen molar-refractivity contribution in [3.8, 4) is 0 Å². The monoisotopic (exact) mass is 230 g/mol. The Hall–Kier alpha value is -1.19. The lowest BCUT2D eigenvalue weighted by Crippen LogP contribution is -2.46. The van der Waals surface area contributed by atoms with Crippen molar-refractivity contribution in [3.63, 3.8) is 0 Å². The molecule has 1 spiro atoms. The molecule has 4 rings (SSSR count). The lowest BCUT2D eigenvalue weighted by molar-refractivity contribution is -0.168. The SMILES string of the molecule is O=C1[C@@H]2OC[C@@H](CC13Cc1ccccc1C3)O2. The standard InChI is InChI=1S/C14H14O3/c15-12-13-16-8-11(17-13)7-14(12)5-9-3-1-2-4-10(9)6-14/h1-4,11,13H,5-8H2/t11-,13-/m1/s1. The smallest absolute Gasteiger partial charge is 0.218 e. The van der Waals surface area contributed by atoms with Crippen LogP contribution in [0.2, 0.25) is 0 Å². The van der Waals surface area contributed by atoms with E-state index in [0.717, 1.165) is 19.3 Å². The van der Waals surface area contributed by atoms with Gasteiger partial charge in [-0.2, -0.15) is 0 Å². The number of hydrogen-bond donors (Lipinski definition) is 0. The summed E-state index contributed by atoms with van der Waals surface area (Å²) in [6, 6.07) is 8.37.